The van der Waals surface area contributed by atoms with Crippen LogP contribution in [-0.4, -0.2) is 25.9 Å². The molecule has 0 aliphatic heterocycles. The van der Waals surface area contributed by atoms with Crippen LogP contribution < -0.4 is 0 Å². The summed E-state index contributed by atoms with van der Waals surface area (Å²) in [5.41, 5.74) is 0. The van der Waals surface area contributed by atoms with Gasteiger partial charge in [-0.3, -0.25) is 0 Å². The van der Waals surface area contributed by atoms with Gasteiger partial charge in [0.2, 0.25) is 0 Å². The molecule has 0 fully saturated rings. The molecule has 0 atom stereocenters. The summed E-state index contributed by atoms with van der Waals surface area (Å²) in [7, 11) is 0. The predicted molar refractivity (Wildman–Crippen MR) is 107 cm³/mol. The molecule has 2 nitrogen and oxygen atoms in total. The van der Waals surface area contributed by atoms with E-state index < -0.39 is 0 Å². The van der Waals surface area contributed by atoms with Crippen LogP contribution in [0.15, 0.2) is 0 Å². The Morgan fingerprint density at radius 3 is 1.33 bits per heavy atom. The Bertz CT molecular complexity index is 216. The highest BCUT2D eigenvalue weighted by Gasteiger charge is 1.95. The number of hydrogen-bond acceptors (Lipinski definition) is 2. The second-order valence-electron chi connectivity index (χ2n) is 7.48. The molecule has 0 unspecified atom stereocenters. The average molecular weight is 343 g/mol. The minimum atomic E-state index is 0.319. The molecule has 0 radical (unpaired) electrons. The van der Waals surface area contributed by atoms with E-state index in [9.17, 15) is 0 Å². The third kappa shape index (κ3) is 21.9. The summed E-state index contributed by atoms with van der Waals surface area (Å²) < 4.78 is 11.0. The number of unbranched alkanes of at least 4 members (excludes halogenated alkanes) is 14. The van der Waals surface area contributed by atoms with Gasteiger partial charge in [-0.15, -0.1) is 0 Å². The fourth-order valence-electron chi connectivity index (χ4n) is 3.02. The van der Waals surface area contributed by atoms with Gasteiger partial charge in [-0.2, -0.15) is 0 Å². The van der Waals surface area contributed by atoms with Crippen molar-refractivity contribution in [1.29, 1.82) is 0 Å². The Morgan fingerprint density at radius 1 is 0.500 bits per heavy atom. The SMILES string of the molecule is CCCCCCCCCCCCCCCCCOCCOC(C)C. The van der Waals surface area contributed by atoms with Crippen molar-refractivity contribution in [3.63, 3.8) is 0 Å². The van der Waals surface area contributed by atoms with E-state index in [1.807, 2.05) is 0 Å². The molecule has 0 aliphatic rings. The first-order chi connectivity index (χ1) is 11.8. The number of rotatable bonds is 20. The zero-order valence-electron chi connectivity index (χ0n) is 17.1. The summed E-state index contributed by atoms with van der Waals surface area (Å²) in [6.45, 7) is 8.80. The monoisotopic (exact) mass is 342 g/mol. The lowest BCUT2D eigenvalue weighted by Gasteiger charge is -2.08. The second kappa shape index (κ2) is 21.0. The van der Waals surface area contributed by atoms with Gasteiger partial charge in [0, 0.05) is 6.61 Å². The first kappa shape index (κ1) is 23.9. The van der Waals surface area contributed by atoms with Gasteiger partial charge in [-0.1, -0.05) is 96.8 Å². The topological polar surface area (TPSA) is 18.5 Å². The Balaban J connectivity index is 2.95. The minimum Gasteiger partial charge on any atom is -0.379 e. The molecule has 24 heavy (non-hydrogen) atoms. The van der Waals surface area contributed by atoms with Crippen LogP contribution in [0.5, 0.6) is 0 Å². The van der Waals surface area contributed by atoms with Crippen molar-refractivity contribution >= 4 is 0 Å². The smallest absolute Gasteiger partial charge is 0.0703 e. The highest BCUT2D eigenvalue weighted by atomic mass is 16.5. The van der Waals surface area contributed by atoms with Crippen LogP contribution in [0.4, 0.5) is 0 Å². The first-order valence-electron chi connectivity index (χ1n) is 11.0. The lowest BCUT2D eigenvalue weighted by Crippen LogP contribution is -2.10. The third-order valence-corrected chi connectivity index (χ3v) is 4.57. The molecule has 0 heterocycles. The van der Waals surface area contributed by atoms with Crippen LogP contribution in [0.25, 0.3) is 0 Å². The summed E-state index contributed by atoms with van der Waals surface area (Å²) in [5, 5.41) is 0. The van der Waals surface area contributed by atoms with Crippen LogP contribution in [0.2, 0.25) is 0 Å². The van der Waals surface area contributed by atoms with E-state index in [1.165, 1.54) is 96.3 Å². The molecule has 0 aliphatic carbocycles. The van der Waals surface area contributed by atoms with Gasteiger partial charge in [0.1, 0.15) is 0 Å². The van der Waals surface area contributed by atoms with Crippen LogP contribution in [0, 0.1) is 0 Å². The molecule has 2 heteroatoms. The van der Waals surface area contributed by atoms with Gasteiger partial charge in [0.15, 0.2) is 0 Å². The maximum absolute atomic E-state index is 5.57. The zero-order valence-corrected chi connectivity index (χ0v) is 17.1. The van der Waals surface area contributed by atoms with Crippen molar-refractivity contribution in [2.45, 2.75) is 123 Å². The van der Waals surface area contributed by atoms with E-state index in [4.69, 9.17) is 9.47 Å². The van der Waals surface area contributed by atoms with Gasteiger partial charge in [-0.05, 0) is 20.3 Å². The fraction of sp³-hybridized carbons (Fsp3) is 1.00. The first-order valence-corrected chi connectivity index (χ1v) is 11.0. The molecule has 0 N–H and O–H groups in total. The summed E-state index contributed by atoms with van der Waals surface area (Å²) in [5.74, 6) is 0. The van der Waals surface area contributed by atoms with E-state index in [0.717, 1.165) is 19.8 Å². The zero-order chi connectivity index (χ0) is 17.7. The van der Waals surface area contributed by atoms with Gasteiger partial charge < -0.3 is 9.47 Å². The molecule has 0 aromatic carbocycles. The molecule has 146 valence electrons. The fourth-order valence-corrected chi connectivity index (χ4v) is 3.02. The van der Waals surface area contributed by atoms with Gasteiger partial charge in [0.05, 0.1) is 19.3 Å². The summed E-state index contributed by atoms with van der Waals surface area (Å²) in [4.78, 5) is 0. The van der Waals surface area contributed by atoms with Gasteiger partial charge in [0.25, 0.3) is 0 Å². The molecule has 0 aromatic rings. The largest absolute Gasteiger partial charge is 0.379 e. The standard InChI is InChI=1S/C22H46O2/c1-4-5-6-7-8-9-10-11-12-13-14-15-16-17-18-19-23-20-21-24-22(2)3/h22H,4-21H2,1-3H3. The van der Waals surface area contributed by atoms with Gasteiger partial charge >= 0.3 is 0 Å². The van der Waals surface area contributed by atoms with Crippen LogP contribution in [-0.2, 0) is 9.47 Å². The molecule has 0 bridgehead atoms. The maximum Gasteiger partial charge on any atom is 0.0703 e. The van der Waals surface area contributed by atoms with E-state index in [-0.39, 0.29) is 0 Å². The van der Waals surface area contributed by atoms with Crippen molar-refractivity contribution < 1.29 is 9.47 Å². The van der Waals surface area contributed by atoms with Crippen molar-refractivity contribution in [2.24, 2.45) is 0 Å². The minimum absolute atomic E-state index is 0.319. The lowest BCUT2D eigenvalue weighted by atomic mass is 10.0. The van der Waals surface area contributed by atoms with Crippen molar-refractivity contribution in [3.8, 4) is 0 Å². The molecule has 0 amide bonds. The van der Waals surface area contributed by atoms with Crippen LogP contribution in [0.3, 0.4) is 0 Å². The number of ether oxygens (including phenoxy) is 2. The Labute approximate surface area is 153 Å². The van der Waals surface area contributed by atoms with Crippen molar-refractivity contribution in [1.82, 2.24) is 0 Å². The average Bonchev–Trinajstić information content (AvgIpc) is 2.56. The molecule has 0 aromatic heterocycles. The van der Waals surface area contributed by atoms with E-state index in [2.05, 4.69) is 20.8 Å². The quantitative estimate of drug-likeness (QED) is 0.216. The number of hydrogen-bond donors (Lipinski definition) is 0. The summed E-state index contributed by atoms with van der Waals surface area (Å²) in [6.07, 6.45) is 21.5. The predicted octanol–water partition coefficient (Wildman–Crippen LogP) is 7.30. The molecular formula is C22H46O2. The molecule has 0 rings (SSSR count). The summed E-state index contributed by atoms with van der Waals surface area (Å²) in [6, 6.07) is 0. The summed E-state index contributed by atoms with van der Waals surface area (Å²) >= 11 is 0. The second-order valence-corrected chi connectivity index (χ2v) is 7.48. The normalized spacial score (nSPS) is 11.5. The third-order valence-electron chi connectivity index (χ3n) is 4.57. The highest BCUT2D eigenvalue weighted by Crippen LogP contribution is 2.13. The molecule has 0 saturated carbocycles. The van der Waals surface area contributed by atoms with Crippen molar-refractivity contribution in [3.05, 3.63) is 0 Å². The Hall–Kier alpha value is -0.0800. The molecular weight excluding hydrogens is 296 g/mol. The maximum atomic E-state index is 5.57. The van der Waals surface area contributed by atoms with Gasteiger partial charge in [-0.25, -0.2) is 0 Å². The lowest BCUT2D eigenvalue weighted by molar-refractivity contribution is 0.0186. The Morgan fingerprint density at radius 2 is 0.917 bits per heavy atom. The van der Waals surface area contributed by atoms with Crippen LogP contribution >= 0.6 is 0 Å². The molecule has 0 spiro atoms. The van der Waals surface area contributed by atoms with E-state index >= 15 is 0 Å². The van der Waals surface area contributed by atoms with Crippen LogP contribution in [0.1, 0.15) is 117 Å². The van der Waals surface area contributed by atoms with Crippen molar-refractivity contribution in [2.75, 3.05) is 19.8 Å². The molecule has 0 saturated heterocycles. The highest BCUT2D eigenvalue weighted by molar-refractivity contribution is 4.49. The van der Waals surface area contributed by atoms with E-state index in [1.54, 1.807) is 0 Å². The van der Waals surface area contributed by atoms with E-state index in [0.29, 0.717) is 6.10 Å². The Kier molecular flexibility index (Phi) is 20.9.